The molecule has 0 bridgehead atoms. The maximum atomic E-state index is 13.1. The lowest BCUT2D eigenvalue weighted by Crippen LogP contribution is -2.45. The highest BCUT2D eigenvalue weighted by Gasteiger charge is 2.31. The molecule has 0 unspecified atom stereocenters. The average Bonchev–Trinajstić information content (AvgIpc) is 3.16. The largest absolute Gasteiger partial charge is 0.323 e. The number of thioether (sulfide) groups is 1. The number of benzene rings is 2. The molecule has 0 spiro atoms. The molecule has 2 amide bonds. The third-order valence-corrected chi connectivity index (χ3v) is 5.72. The van der Waals surface area contributed by atoms with Crippen LogP contribution in [-0.2, 0) is 9.59 Å². The Morgan fingerprint density at radius 1 is 1.17 bits per heavy atom. The van der Waals surface area contributed by atoms with Crippen molar-refractivity contribution >= 4 is 35.0 Å². The molecule has 3 aromatic rings. The van der Waals surface area contributed by atoms with Gasteiger partial charge in [0.1, 0.15) is 6.54 Å². The molecular formula is C20H20N6O2S. The summed E-state index contributed by atoms with van der Waals surface area (Å²) >= 11 is 1.27. The monoisotopic (exact) mass is 408 g/mol. The standard InChI is InChI=1S/C20H20N6O2S/c1-12-8-9-13(2)17(10-12)26-20(22-23-24-26)29-14(3)19(28)25-11-18(27)21-15-6-4-5-7-16(15)25/h4-10,14H,11H2,1-3H3,(H,21,27)/t14-/m1/s1. The van der Waals surface area contributed by atoms with Crippen molar-refractivity contribution < 1.29 is 9.59 Å². The van der Waals surface area contributed by atoms with E-state index in [4.69, 9.17) is 0 Å². The summed E-state index contributed by atoms with van der Waals surface area (Å²) in [5.74, 6) is -0.387. The van der Waals surface area contributed by atoms with Gasteiger partial charge in [0.25, 0.3) is 0 Å². The number of carbonyl (C=O) groups excluding carboxylic acids is 2. The van der Waals surface area contributed by atoms with Gasteiger partial charge in [0, 0.05) is 0 Å². The molecule has 1 aromatic heterocycles. The Balaban J connectivity index is 1.59. The van der Waals surface area contributed by atoms with Crippen molar-refractivity contribution in [3.05, 3.63) is 53.6 Å². The van der Waals surface area contributed by atoms with Crippen molar-refractivity contribution in [3.8, 4) is 5.69 Å². The van der Waals surface area contributed by atoms with Gasteiger partial charge in [-0.3, -0.25) is 14.5 Å². The van der Waals surface area contributed by atoms with Gasteiger partial charge in [0.15, 0.2) is 0 Å². The molecule has 1 aliphatic heterocycles. The van der Waals surface area contributed by atoms with E-state index in [0.717, 1.165) is 16.8 Å². The Kier molecular flexibility index (Phi) is 5.06. The number of anilines is 2. The molecule has 29 heavy (non-hydrogen) atoms. The highest BCUT2D eigenvalue weighted by Crippen LogP contribution is 2.32. The predicted molar refractivity (Wildman–Crippen MR) is 111 cm³/mol. The highest BCUT2D eigenvalue weighted by atomic mass is 32.2. The number of hydrogen-bond acceptors (Lipinski definition) is 6. The van der Waals surface area contributed by atoms with Crippen molar-refractivity contribution in [3.63, 3.8) is 0 Å². The first-order valence-corrected chi connectivity index (χ1v) is 10.0. The number of hydrogen-bond donors (Lipinski definition) is 1. The van der Waals surface area contributed by atoms with E-state index in [-0.39, 0.29) is 18.4 Å². The lowest BCUT2D eigenvalue weighted by Gasteiger charge is -2.30. The Bertz CT molecular complexity index is 1100. The minimum atomic E-state index is -0.483. The summed E-state index contributed by atoms with van der Waals surface area (Å²) in [6.07, 6.45) is 0. The molecule has 0 radical (unpaired) electrons. The quantitative estimate of drug-likeness (QED) is 0.668. The number of nitrogens with one attached hydrogen (secondary N) is 1. The molecule has 1 atom stereocenters. The maximum Gasteiger partial charge on any atom is 0.244 e. The number of tetrazole rings is 1. The van der Waals surface area contributed by atoms with Crippen molar-refractivity contribution in [2.24, 2.45) is 0 Å². The first-order chi connectivity index (χ1) is 13.9. The van der Waals surface area contributed by atoms with Gasteiger partial charge in [-0.25, -0.2) is 0 Å². The number of nitrogens with zero attached hydrogens (tertiary/aromatic N) is 5. The third kappa shape index (κ3) is 3.73. The first kappa shape index (κ1) is 19.1. The summed E-state index contributed by atoms with van der Waals surface area (Å²) in [5.41, 5.74) is 4.33. The fourth-order valence-corrected chi connectivity index (χ4v) is 4.07. The van der Waals surface area contributed by atoms with E-state index in [0.29, 0.717) is 16.5 Å². The van der Waals surface area contributed by atoms with E-state index in [1.165, 1.54) is 16.7 Å². The second kappa shape index (κ2) is 7.67. The molecule has 0 saturated carbocycles. The van der Waals surface area contributed by atoms with Gasteiger partial charge in [-0.2, -0.15) is 4.68 Å². The zero-order valence-electron chi connectivity index (χ0n) is 16.3. The zero-order chi connectivity index (χ0) is 20.5. The summed E-state index contributed by atoms with van der Waals surface area (Å²) in [7, 11) is 0. The van der Waals surface area contributed by atoms with Crippen LogP contribution in [0.15, 0.2) is 47.6 Å². The van der Waals surface area contributed by atoms with E-state index < -0.39 is 5.25 Å². The van der Waals surface area contributed by atoms with Crippen LogP contribution in [0.1, 0.15) is 18.1 Å². The topological polar surface area (TPSA) is 93.0 Å². The number of amides is 2. The van der Waals surface area contributed by atoms with E-state index in [1.807, 2.05) is 50.2 Å². The summed E-state index contributed by atoms with van der Waals surface area (Å²) in [5, 5.41) is 14.8. The van der Waals surface area contributed by atoms with Crippen LogP contribution in [0.2, 0.25) is 0 Å². The van der Waals surface area contributed by atoms with Crippen LogP contribution in [0, 0.1) is 13.8 Å². The Morgan fingerprint density at radius 3 is 2.79 bits per heavy atom. The van der Waals surface area contributed by atoms with Gasteiger partial charge in [-0.15, -0.1) is 5.10 Å². The van der Waals surface area contributed by atoms with Crippen molar-refractivity contribution in [2.45, 2.75) is 31.2 Å². The third-order valence-electron chi connectivity index (χ3n) is 4.70. The molecule has 1 aliphatic rings. The van der Waals surface area contributed by atoms with Crippen LogP contribution < -0.4 is 10.2 Å². The summed E-state index contributed by atoms with van der Waals surface area (Å²) in [6, 6.07) is 13.3. The van der Waals surface area contributed by atoms with Crippen LogP contribution in [0.3, 0.4) is 0 Å². The van der Waals surface area contributed by atoms with Crippen molar-refractivity contribution in [2.75, 3.05) is 16.8 Å². The summed E-state index contributed by atoms with van der Waals surface area (Å²) in [6.45, 7) is 5.78. The summed E-state index contributed by atoms with van der Waals surface area (Å²) in [4.78, 5) is 26.7. The number of carbonyl (C=O) groups is 2. The fraction of sp³-hybridized carbons (Fsp3) is 0.250. The highest BCUT2D eigenvalue weighted by molar-refractivity contribution is 8.00. The SMILES string of the molecule is Cc1ccc(C)c(-n2nnnc2S[C@H](C)C(=O)N2CC(=O)Nc3ccccc32)c1. The van der Waals surface area contributed by atoms with Crippen LogP contribution in [0.4, 0.5) is 11.4 Å². The Labute approximate surface area is 172 Å². The van der Waals surface area contributed by atoms with Crippen LogP contribution in [0.25, 0.3) is 5.69 Å². The molecule has 148 valence electrons. The van der Waals surface area contributed by atoms with Gasteiger partial charge < -0.3 is 5.32 Å². The first-order valence-electron chi connectivity index (χ1n) is 9.17. The molecule has 8 nitrogen and oxygen atoms in total. The van der Waals surface area contributed by atoms with Crippen molar-refractivity contribution in [1.29, 1.82) is 0 Å². The molecule has 9 heteroatoms. The number of rotatable bonds is 4. The molecule has 2 aromatic carbocycles. The van der Waals surface area contributed by atoms with Crippen molar-refractivity contribution in [1.82, 2.24) is 20.2 Å². The molecule has 4 rings (SSSR count). The minimum Gasteiger partial charge on any atom is -0.323 e. The molecule has 0 fully saturated rings. The lowest BCUT2D eigenvalue weighted by molar-refractivity contribution is -0.121. The van der Waals surface area contributed by atoms with Gasteiger partial charge in [-0.05, 0) is 60.5 Å². The molecular weight excluding hydrogens is 388 g/mol. The molecule has 2 heterocycles. The van der Waals surface area contributed by atoms with Gasteiger partial charge >= 0.3 is 0 Å². The number of fused-ring (bicyclic) bond motifs is 1. The Morgan fingerprint density at radius 2 is 1.97 bits per heavy atom. The predicted octanol–water partition coefficient (Wildman–Crippen LogP) is 2.75. The second-order valence-corrected chi connectivity index (χ2v) is 8.22. The van der Waals surface area contributed by atoms with Gasteiger partial charge in [-0.1, -0.05) is 36.0 Å². The van der Waals surface area contributed by atoms with Gasteiger partial charge in [0.05, 0.1) is 22.3 Å². The van der Waals surface area contributed by atoms with E-state index >= 15 is 0 Å². The number of aromatic nitrogens is 4. The lowest BCUT2D eigenvalue weighted by atomic mass is 10.1. The molecule has 1 N–H and O–H groups in total. The molecule has 0 aliphatic carbocycles. The van der Waals surface area contributed by atoms with E-state index in [2.05, 4.69) is 20.8 Å². The fourth-order valence-electron chi connectivity index (χ4n) is 3.21. The van der Waals surface area contributed by atoms with E-state index in [1.54, 1.807) is 17.7 Å². The Hall–Kier alpha value is -3.20. The number of aryl methyl sites for hydroxylation is 2. The smallest absolute Gasteiger partial charge is 0.244 e. The molecule has 0 saturated heterocycles. The van der Waals surface area contributed by atoms with Gasteiger partial charge in [0.2, 0.25) is 17.0 Å². The van der Waals surface area contributed by atoms with Crippen LogP contribution >= 0.6 is 11.8 Å². The maximum absolute atomic E-state index is 13.1. The number of para-hydroxylation sites is 2. The van der Waals surface area contributed by atoms with E-state index in [9.17, 15) is 9.59 Å². The second-order valence-electron chi connectivity index (χ2n) is 6.91. The van der Waals surface area contributed by atoms with Crippen LogP contribution in [0.5, 0.6) is 0 Å². The normalized spacial score (nSPS) is 14.3. The van der Waals surface area contributed by atoms with Crippen LogP contribution in [-0.4, -0.2) is 43.8 Å². The summed E-state index contributed by atoms with van der Waals surface area (Å²) < 4.78 is 1.65. The zero-order valence-corrected chi connectivity index (χ0v) is 17.1. The minimum absolute atomic E-state index is 0.0112. The average molecular weight is 408 g/mol.